The molecule has 0 aliphatic rings. The summed E-state index contributed by atoms with van der Waals surface area (Å²) in [6.07, 6.45) is 2.28. The van der Waals surface area contributed by atoms with Crippen LogP contribution in [0.3, 0.4) is 0 Å². The first-order chi connectivity index (χ1) is 12.9. The highest BCUT2D eigenvalue weighted by molar-refractivity contribution is 7.91. The van der Waals surface area contributed by atoms with E-state index in [4.69, 9.17) is 0 Å². The smallest absolute Gasteiger partial charge is 0.191 e. The van der Waals surface area contributed by atoms with E-state index in [2.05, 4.69) is 29.5 Å². The van der Waals surface area contributed by atoms with Crippen LogP contribution in [0.2, 0.25) is 0 Å². The van der Waals surface area contributed by atoms with Crippen LogP contribution < -0.4 is 10.6 Å². The first kappa shape index (κ1) is 23.4. The Bertz CT molecular complexity index is 646. The van der Waals surface area contributed by atoms with Crippen molar-refractivity contribution in [2.45, 2.75) is 44.9 Å². The number of aliphatic imine (C=N–C) groups is 1. The highest BCUT2D eigenvalue weighted by Gasteiger charge is 2.13. The summed E-state index contributed by atoms with van der Waals surface area (Å²) in [5, 5.41) is 15.6. The molecule has 1 atom stereocenters. The summed E-state index contributed by atoms with van der Waals surface area (Å²) < 4.78 is 24.6. The van der Waals surface area contributed by atoms with Gasteiger partial charge in [-0.05, 0) is 50.2 Å². The van der Waals surface area contributed by atoms with E-state index in [1.165, 1.54) is 0 Å². The number of nitrogens with one attached hydrogen (secondary N) is 2. The topological polar surface area (TPSA) is 90.8 Å². The van der Waals surface area contributed by atoms with Gasteiger partial charge in [-0.3, -0.25) is 4.99 Å². The van der Waals surface area contributed by atoms with Gasteiger partial charge in [0.15, 0.2) is 15.8 Å². The summed E-state index contributed by atoms with van der Waals surface area (Å²) in [5.74, 6) is 1.71. The number of aliphatic hydroxyl groups is 1. The Kier molecular flexibility index (Phi) is 11.0. The van der Waals surface area contributed by atoms with Crippen molar-refractivity contribution >= 4 is 15.8 Å². The maximum atomic E-state index is 12.3. The average Bonchev–Trinajstić information content (AvgIpc) is 2.63. The summed E-state index contributed by atoms with van der Waals surface area (Å²) in [6.45, 7) is 8.44. The quantitative estimate of drug-likeness (QED) is 0.286. The molecule has 1 unspecified atom stereocenters. The average molecular weight is 398 g/mol. The van der Waals surface area contributed by atoms with Gasteiger partial charge in [0.25, 0.3) is 0 Å². The molecule has 0 aliphatic carbocycles. The van der Waals surface area contributed by atoms with Crippen molar-refractivity contribution in [3.05, 3.63) is 30.3 Å². The van der Waals surface area contributed by atoms with Crippen molar-refractivity contribution in [3.63, 3.8) is 0 Å². The van der Waals surface area contributed by atoms with Gasteiger partial charge in [-0.15, -0.1) is 0 Å². The lowest BCUT2D eigenvalue weighted by molar-refractivity contribution is 0.245. The minimum absolute atomic E-state index is 0.101. The molecule has 0 saturated heterocycles. The normalized spacial score (nSPS) is 13.6. The molecule has 27 heavy (non-hydrogen) atoms. The van der Waals surface area contributed by atoms with Crippen molar-refractivity contribution in [2.24, 2.45) is 16.8 Å². The zero-order chi connectivity index (χ0) is 20.1. The fraction of sp³-hybridized carbons (Fsp3) is 0.650. The second-order valence-corrected chi connectivity index (χ2v) is 9.25. The molecule has 0 spiro atoms. The summed E-state index contributed by atoms with van der Waals surface area (Å²) in [4.78, 5) is 4.98. The van der Waals surface area contributed by atoms with Crippen LogP contribution in [0.25, 0.3) is 0 Å². The fourth-order valence-electron chi connectivity index (χ4n) is 2.91. The van der Waals surface area contributed by atoms with E-state index in [0.717, 1.165) is 19.4 Å². The van der Waals surface area contributed by atoms with E-state index in [0.29, 0.717) is 42.2 Å². The zero-order valence-corrected chi connectivity index (χ0v) is 17.6. The van der Waals surface area contributed by atoms with Gasteiger partial charge >= 0.3 is 0 Å². The minimum atomic E-state index is -3.25. The second kappa shape index (κ2) is 12.7. The van der Waals surface area contributed by atoms with E-state index in [1.807, 2.05) is 13.0 Å². The molecule has 154 valence electrons. The molecule has 7 heteroatoms. The number of benzene rings is 1. The van der Waals surface area contributed by atoms with Gasteiger partial charge in [0, 0.05) is 26.2 Å². The molecule has 3 N–H and O–H groups in total. The predicted octanol–water partition coefficient (Wildman–Crippen LogP) is 2.45. The molecule has 6 nitrogen and oxygen atoms in total. The standard InChI is InChI=1S/C20H35N3O3S/c1-4-21-20(23-16-18(11-13-24)15-17(2)3)22-12-8-14-27(25,26)19-9-6-5-7-10-19/h5-7,9-10,17-18,24H,4,8,11-16H2,1-3H3,(H2,21,22,23). The minimum Gasteiger partial charge on any atom is -0.396 e. The SMILES string of the molecule is CCNC(=NCC(CCO)CC(C)C)NCCCS(=O)(=O)c1ccccc1. The molecule has 0 radical (unpaired) electrons. The van der Waals surface area contributed by atoms with Crippen molar-refractivity contribution in [1.29, 1.82) is 0 Å². The summed E-state index contributed by atoms with van der Waals surface area (Å²) in [5.41, 5.74) is 0. The Labute approximate surface area is 164 Å². The van der Waals surface area contributed by atoms with Crippen molar-refractivity contribution in [1.82, 2.24) is 10.6 Å². The maximum absolute atomic E-state index is 12.3. The Morgan fingerprint density at radius 3 is 2.48 bits per heavy atom. The molecule has 1 rings (SSSR count). The van der Waals surface area contributed by atoms with Crippen LogP contribution in [0.4, 0.5) is 0 Å². The van der Waals surface area contributed by atoms with Crippen LogP contribution in [0.15, 0.2) is 40.2 Å². The number of hydrogen-bond acceptors (Lipinski definition) is 4. The van der Waals surface area contributed by atoms with Gasteiger partial charge in [-0.2, -0.15) is 0 Å². The molecule has 0 aliphatic heterocycles. The summed E-state index contributed by atoms with van der Waals surface area (Å²) in [6, 6.07) is 8.54. The molecule has 0 heterocycles. The van der Waals surface area contributed by atoms with E-state index in [-0.39, 0.29) is 12.4 Å². The predicted molar refractivity (Wildman–Crippen MR) is 112 cm³/mol. The Hall–Kier alpha value is -1.60. The number of aliphatic hydroxyl groups excluding tert-OH is 1. The highest BCUT2D eigenvalue weighted by atomic mass is 32.2. The first-order valence-corrected chi connectivity index (χ1v) is 11.4. The number of sulfone groups is 1. The monoisotopic (exact) mass is 397 g/mol. The lowest BCUT2D eigenvalue weighted by Gasteiger charge is -2.17. The molecule has 0 amide bonds. The third-order valence-corrected chi connectivity index (χ3v) is 6.00. The van der Waals surface area contributed by atoms with Gasteiger partial charge in [0.1, 0.15) is 0 Å². The van der Waals surface area contributed by atoms with Crippen LogP contribution in [0, 0.1) is 11.8 Å². The van der Waals surface area contributed by atoms with Gasteiger partial charge < -0.3 is 15.7 Å². The third-order valence-electron chi connectivity index (χ3n) is 4.18. The summed E-state index contributed by atoms with van der Waals surface area (Å²) >= 11 is 0. The van der Waals surface area contributed by atoms with Crippen molar-refractivity contribution < 1.29 is 13.5 Å². The molecule has 0 saturated carbocycles. The largest absolute Gasteiger partial charge is 0.396 e. The van der Waals surface area contributed by atoms with Crippen molar-refractivity contribution in [3.8, 4) is 0 Å². The van der Waals surface area contributed by atoms with Crippen molar-refractivity contribution in [2.75, 3.05) is 32.0 Å². The molecule has 0 aromatic heterocycles. The van der Waals surface area contributed by atoms with Gasteiger partial charge in [0.2, 0.25) is 0 Å². The van der Waals surface area contributed by atoms with E-state index in [1.54, 1.807) is 24.3 Å². The molecule has 1 aromatic rings. The first-order valence-electron chi connectivity index (χ1n) is 9.79. The second-order valence-electron chi connectivity index (χ2n) is 7.14. The number of guanidine groups is 1. The highest BCUT2D eigenvalue weighted by Crippen LogP contribution is 2.15. The Morgan fingerprint density at radius 1 is 1.19 bits per heavy atom. The zero-order valence-electron chi connectivity index (χ0n) is 16.8. The molecular formula is C20H35N3O3S. The van der Waals surface area contributed by atoms with E-state index < -0.39 is 9.84 Å². The van der Waals surface area contributed by atoms with Gasteiger partial charge in [0.05, 0.1) is 10.6 Å². The van der Waals surface area contributed by atoms with Crippen LogP contribution in [-0.4, -0.2) is 51.5 Å². The van der Waals surface area contributed by atoms with Crippen LogP contribution in [-0.2, 0) is 9.84 Å². The maximum Gasteiger partial charge on any atom is 0.191 e. The summed E-state index contributed by atoms with van der Waals surface area (Å²) in [7, 11) is -3.25. The lowest BCUT2D eigenvalue weighted by Crippen LogP contribution is -2.38. The molecule has 1 aromatic carbocycles. The van der Waals surface area contributed by atoms with E-state index in [9.17, 15) is 13.5 Å². The van der Waals surface area contributed by atoms with Gasteiger partial charge in [-0.25, -0.2) is 8.42 Å². The Balaban J connectivity index is 2.52. The van der Waals surface area contributed by atoms with Crippen LogP contribution in [0.5, 0.6) is 0 Å². The van der Waals surface area contributed by atoms with Crippen LogP contribution in [0.1, 0.15) is 40.0 Å². The van der Waals surface area contributed by atoms with Gasteiger partial charge in [-0.1, -0.05) is 32.0 Å². The molecule has 0 bridgehead atoms. The molecule has 0 fully saturated rings. The number of hydrogen-bond donors (Lipinski definition) is 3. The molecular weight excluding hydrogens is 362 g/mol. The third kappa shape index (κ3) is 9.77. The number of rotatable bonds is 12. The lowest BCUT2D eigenvalue weighted by atomic mass is 9.94. The number of nitrogens with zero attached hydrogens (tertiary/aromatic N) is 1. The van der Waals surface area contributed by atoms with E-state index >= 15 is 0 Å². The fourth-order valence-corrected chi connectivity index (χ4v) is 4.24. The Morgan fingerprint density at radius 2 is 1.89 bits per heavy atom. The van der Waals surface area contributed by atoms with Crippen LogP contribution >= 0.6 is 0 Å².